The van der Waals surface area contributed by atoms with Crippen LogP contribution in [0.5, 0.6) is 0 Å². The number of nitrogens with zero attached hydrogens (tertiary/aromatic N) is 1. The van der Waals surface area contributed by atoms with Gasteiger partial charge in [0, 0.05) is 24.8 Å². The third-order valence-corrected chi connectivity index (χ3v) is 3.11. The van der Waals surface area contributed by atoms with E-state index in [0.29, 0.717) is 6.04 Å². The van der Waals surface area contributed by atoms with E-state index in [1.165, 1.54) is 16.8 Å². The predicted molar refractivity (Wildman–Crippen MR) is 81.2 cm³/mol. The monoisotopic (exact) mass is 246 g/mol. The molecule has 1 atom stereocenters. The van der Waals surface area contributed by atoms with Crippen molar-refractivity contribution < 1.29 is 0 Å². The fourth-order valence-corrected chi connectivity index (χ4v) is 2.11. The van der Waals surface area contributed by atoms with Gasteiger partial charge < -0.3 is 10.2 Å². The van der Waals surface area contributed by atoms with Gasteiger partial charge in [0.2, 0.25) is 0 Å². The highest BCUT2D eigenvalue weighted by Crippen LogP contribution is 2.19. The Balaban J connectivity index is 2.77. The van der Waals surface area contributed by atoms with Crippen LogP contribution in [0, 0.1) is 0 Å². The molecule has 0 saturated heterocycles. The minimum absolute atomic E-state index is 0.417. The molecule has 0 fully saturated rings. The average molecular weight is 246 g/mol. The molecule has 2 nitrogen and oxygen atoms in total. The highest BCUT2D eigenvalue weighted by molar-refractivity contribution is 5.48. The summed E-state index contributed by atoms with van der Waals surface area (Å²) in [5, 5.41) is 3.43. The quantitative estimate of drug-likeness (QED) is 0.737. The molecule has 0 bridgehead atoms. The molecule has 0 spiro atoms. The van der Waals surface area contributed by atoms with Gasteiger partial charge in [0.1, 0.15) is 0 Å². The van der Waals surface area contributed by atoms with Gasteiger partial charge >= 0.3 is 0 Å². The van der Waals surface area contributed by atoms with Crippen LogP contribution in [0.25, 0.3) is 0 Å². The smallest absolute Gasteiger partial charge is 0.0383 e. The largest absolute Gasteiger partial charge is 0.368 e. The Morgan fingerprint density at radius 3 is 2.33 bits per heavy atom. The second kappa shape index (κ2) is 7.22. The van der Waals surface area contributed by atoms with Crippen molar-refractivity contribution in [2.24, 2.45) is 0 Å². The van der Waals surface area contributed by atoms with E-state index in [1.54, 1.807) is 0 Å². The number of likely N-dealkylation sites (N-methyl/N-ethyl adjacent to an activating group) is 1. The maximum Gasteiger partial charge on any atom is 0.0383 e. The van der Waals surface area contributed by atoms with E-state index < -0.39 is 0 Å². The Kier molecular flexibility index (Phi) is 5.93. The first-order valence-corrected chi connectivity index (χ1v) is 6.81. The average Bonchev–Trinajstić information content (AvgIpc) is 2.36. The summed E-state index contributed by atoms with van der Waals surface area (Å²) >= 11 is 0. The lowest BCUT2D eigenvalue weighted by Gasteiger charge is -2.24. The van der Waals surface area contributed by atoms with Gasteiger partial charge in [-0.1, -0.05) is 31.2 Å². The number of rotatable bonds is 7. The van der Waals surface area contributed by atoms with E-state index in [-0.39, 0.29) is 0 Å². The van der Waals surface area contributed by atoms with E-state index in [1.807, 2.05) is 0 Å². The summed E-state index contributed by atoms with van der Waals surface area (Å²) < 4.78 is 0. The van der Waals surface area contributed by atoms with Crippen LogP contribution in [0.4, 0.5) is 5.69 Å². The lowest BCUT2D eigenvalue weighted by atomic mass is 10.1. The van der Waals surface area contributed by atoms with Gasteiger partial charge in [-0.25, -0.2) is 0 Å². The molecule has 0 aromatic heterocycles. The zero-order valence-corrected chi connectivity index (χ0v) is 12.2. The predicted octanol–water partition coefficient (Wildman–Crippen LogP) is 3.76. The number of hydrogen-bond acceptors (Lipinski definition) is 2. The molecule has 0 aliphatic carbocycles. The maximum atomic E-state index is 3.99. The Morgan fingerprint density at radius 1 is 1.28 bits per heavy atom. The van der Waals surface area contributed by atoms with Crippen molar-refractivity contribution in [3.8, 4) is 0 Å². The molecular weight excluding hydrogens is 220 g/mol. The highest BCUT2D eigenvalue weighted by Gasteiger charge is 2.06. The minimum Gasteiger partial charge on any atom is -0.368 e. The lowest BCUT2D eigenvalue weighted by Crippen LogP contribution is -2.24. The SMILES string of the molecule is C=C(C)CN(CC)c1ccc(C(C)NCC)cc1. The van der Waals surface area contributed by atoms with E-state index in [2.05, 4.69) is 68.8 Å². The van der Waals surface area contributed by atoms with Crippen LogP contribution >= 0.6 is 0 Å². The van der Waals surface area contributed by atoms with Crippen LogP contribution in [-0.4, -0.2) is 19.6 Å². The fraction of sp³-hybridized carbons (Fsp3) is 0.500. The molecule has 2 heteroatoms. The summed E-state index contributed by atoms with van der Waals surface area (Å²) in [4.78, 5) is 2.34. The highest BCUT2D eigenvalue weighted by atomic mass is 15.1. The summed E-state index contributed by atoms with van der Waals surface area (Å²) in [5.74, 6) is 0. The van der Waals surface area contributed by atoms with Crippen LogP contribution in [0.15, 0.2) is 36.4 Å². The van der Waals surface area contributed by atoms with Gasteiger partial charge in [0.25, 0.3) is 0 Å². The molecule has 0 saturated carbocycles. The summed E-state index contributed by atoms with van der Waals surface area (Å²) in [5.41, 5.74) is 3.81. The zero-order chi connectivity index (χ0) is 13.5. The molecule has 18 heavy (non-hydrogen) atoms. The first-order chi connectivity index (χ1) is 8.58. The standard InChI is InChI=1S/C16H26N2/c1-6-17-14(5)15-8-10-16(11-9-15)18(7-2)12-13(3)4/h8-11,14,17H,3,6-7,12H2,1-2,4-5H3. The molecule has 0 aliphatic rings. The van der Waals surface area contributed by atoms with Crippen LogP contribution in [0.1, 0.15) is 39.3 Å². The second-order valence-corrected chi connectivity index (χ2v) is 4.84. The number of anilines is 1. The van der Waals surface area contributed by atoms with Crippen molar-refractivity contribution >= 4 is 5.69 Å². The number of hydrogen-bond donors (Lipinski definition) is 1. The van der Waals surface area contributed by atoms with Gasteiger partial charge in [0.05, 0.1) is 0 Å². The van der Waals surface area contributed by atoms with E-state index >= 15 is 0 Å². The molecule has 1 aromatic carbocycles. The van der Waals surface area contributed by atoms with E-state index in [4.69, 9.17) is 0 Å². The van der Waals surface area contributed by atoms with Crippen molar-refractivity contribution in [3.05, 3.63) is 42.0 Å². The molecule has 0 radical (unpaired) electrons. The maximum absolute atomic E-state index is 3.99. The first-order valence-electron chi connectivity index (χ1n) is 6.81. The van der Waals surface area contributed by atoms with Gasteiger partial charge in [-0.05, 0) is 45.0 Å². The van der Waals surface area contributed by atoms with Gasteiger partial charge in [-0.2, -0.15) is 0 Å². The lowest BCUT2D eigenvalue weighted by molar-refractivity contribution is 0.598. The third-order valence-electron chi connectivity index (χ3n) is 3.11. The Morgan fingerprint density at radius 2 is 1.89 bits per heavy atom. The molecule has 1 N–H and O–H groups in total. The molecule has 1 rings (SSSR count). The second-order valence-electron chi connectivity index (χ2n) is 4.84. The summed E-state index contributed by atoms with van der Waals surface area (Å²) in [6, 6.07) is 9.25. The van der Waals surface area contributed by atoms with E-state index in [0.717, 1.165) is 19.6 Å². The Labute approximate surface area is 112 Å². The van der Waals surface area contributed by atoms with Crippen molar-refractivity contribution in [2.75, 3.05) is 24.5 Å². The van der Waals surface area contributed by atoms with E-state index in [9.17, 15) is 0 Å². The van der Waals surface area contributed by atoms with Crippen LogP contribution in [-0.2, 0) is 0 Å². The third kappa shape index (κ3) is 4.19. The summed E-state index contributed by atoms with van der Waals surface area (Å²) in [6.07, 6.45) is 0. The van der Waals surface area contributed by atoms with Crippen molar-refractivity contribution in [1.29, 1.82) is 0 Å². The fourth-order valence-electron chi connectivity index (χ4n) is 2.11. The van der Waals surface area contributed by atoms with Crippen molar-refractivity contribution in [3.63, 3.8) is 0 Å². The van der Waals surface area contributed by atoms with Crippen molar-refractivity contribution in [2.45, 2.75) is 33.7 Å². The van der Waals surface area contributed by atoms with Gasteiger partial charge in [-0.3, -0.25) is 0 Å². The molecule has 0 aliphatic heterocycles. The minimum atomic E-state index is 0.417. The molecule has 0 heterocycles. The summed E-state index contributed by atoms with van der Waals surface area (Å²) in [7, 11) is 0. The molecule has 1 unspecified atom stereocenters. The number of nitrogens with one attached hydrogen (secondary N) is 1. The van der Waals surface area contributed by atoms with Gasteiger partial charge in [0.15, 0.2) is 0 Å². The number of benzene rings is 1. The molecular formula is C16H26N2. The molecule has 0 amide bonds. The summed E-state index contributed by atoms with van der Waals surface area (Å²) in [6.45, 7) is 15.5. The molecule has 1 aromatic rings. The topological polar surface area (TPSA) is 15.3 Å². The molecule has 100 valence electrons. The van der Waals surface area contributed by atoms with Crippen LogP contribution < -0.4 is 10.2 Å². The Bertz CT molecular complexity index is 367. The van der Waals surface area contributed by atoms with Crippen LogP contribution in [0.2, 0.25) is 0 Å². The van der Waals surface area contributed by atoms with Gasteiger partial charge in [-0.15, -0.1) is 0 Å². The normalized spacial score (nSPS) is 12.2. The Hall–Kier alpha value is -1.28. The first kappa shape index (κ1) is 14.8. The van der Waals surface area contributed by atoms with Crippen LogP contribution in [0.3, 0.4) is 0 Å². The van der Waals surface area contributed by atoms with Crippen molar-refractivity contribution in [1.82, 2.24) is 5.32 Å². The zero-order valence-electron chi connectivity index (χ0n) is 12.2.